The van der Waals surface area contributed by atoms with Crippen LogP contribution in [0.15, 0.2) is 78.9 Å². The van der Waals surface area contributed by atoms with E-state index in [1.54, 1.807) is 49.6 Å². The third-order valence-electron chi connectivity index (χ3n) is 6.22. The molecule has 2 amide bonds. The average molecular weight is 568 g/mol. The highest BCUT2D eigenvalue weighted by Gasteiger charge is 2.34. The minimum absolute atomic E-state index is 0.0581. The van der Waals surface area contributed by atoms with E-state index in [1.807, 2.05) is 50.2 Å². The van der Waals surface area contributed by atoms with Crippen LogP contribution in [0.1, 0.15) is 25.0 Å². The molecule has 3 aromatic carbocycles. The summed E-state index contributed by atoms with van der Waals surface area (Å²) in [5.41, 5.74) is 1.82. The number of anilines is 1. The smallest absolute Gasteiger partial charge is 0.244 e. The van der Waals surface area contributed by atoms with Gasteiger partial charge in [0.05, 0.1) is 26.2 Å². The van der Waals surface area contributed by atoms with Crippen molar-refractivity contribution in [3.05, 3.63) is 90.0 Å². The molecule has 3 aromatic rings. The molecule has 1 atom stereocenters. The lowest BCUT2D eigenvalue weighted by atomic mass is 10.0. The molecule has 0 aliphatic heterocycles. The predicted octanol–water partition coefficient (Wildman–Crippen LogP) is 3.63. The molecule has 0 bridgehead atoms. The van der Waals surface area contributed by atoms with Crippen molar-refractivity contribution in [2.45, 2.75) is 38.9 Å². The molecule has 0 saturated carbocycles. The van der Waals surface area contributed by atoms with E-state index >= 15 is 0 Å². The second-order valence-corrected chi connectivity index (χ2v) is 11.6. The van der Waals surface area contributed by atoms with Gasteiger partial charge >= 0.3 is 0 Å². The van der Waals surface area contributed by atoms with Gasteiger partial charge in [-0.1, -0.05) is 54.6 Å². The fraction of sp³-hybridized carbons (Fsp3) is 0.333. The average Bonchev–Trinajstić information content (AvgIpc) is 2.93. The van der Waals surface area contributed by atoms with E-state index in [0.717, 1.165) is 21.7 Å². The van der Waals surface area contributed by atoms with Crippen molar-refractivity contribution in [3.63, 3.8) is 0 Å². The van der Waals surface area contributed by atoms with E-state index in [9.17, 15) is 18.0 Å². The molecular weight excluding hydrogens is 530 g/mol. The van der Waals surface area contributed by atoms with E-state index in [2.05, 4.69) is 5.32 Å². The van der Waals surface area contributed by atoms with Crippen LogP contribution in [0.5, 0.6) is 11.5 Å². The van der Waals surface area contributed by atoms with Gasteiger partial charge in [0, 0.05) is 19.0 Å². The molecule has 214 valence electrons. The highest BCUT2D eigenvalue weighted by Crippen LogP contribution is 2.30. The lowest BCUT2D eigenvalue weighted by Crippen LogP contribution is -2.54. The van der Waals surface area contributed by atoms with Crippen LogP contribution in [0.2, 0.25) is 0 Å². The Labute approximate surface area is 236 Å². The summed E-state index contributed by atoms with van der Waals surface area (Å²) in [6, 6.07) is 22.1. The number of amides is 2. The summed E-state index contributed by atoms with van der Waals surface area (Å²) in [6.07, 6.45) is 1.27. The lowest BCUT2D eigenvalue weighted by molar-refractivity contribution is -0.140. The molecule has 9 nitrogen and oxygen atoms in total. The van der Waals surface area contributed by atoms with Crippen LogP contribution >= 0.6 is 0 Å². The largest absolute Gasteiger partial charge is 0.497 e. The summed E-state index contributed by atoms with van der Waals surface area (Å²) in [4.78, 5) is 29.1. The molecule has 10 heteroatoms. The van der Waals surface area contributed by atoms with Gasteiger partial charge < -0.3 is 19.7 Å². The molecule has 40 heavy (non-hydrogen) atoms. The van der Waals surface area contributed by atoms with Crippen LogP contribution in [0, 0.1) is 0 Å². The van der Waals surface area contributed by atoms with Crippen molar-refractivity contribution in [3.8, 4) is 11.5 Å². The van der Waals surface area contributed by atoms with Crippen molar-refractivity contribution in [2.75, 3.05) is 31.3 Å². The van der Waals surface area contributed by atoms with Crippen molar-refractivity contribution >= 4 is 27.5 Å². The Morgan fingerprint density at radius 3 is 2.15 bits per heavy atom. The molecule has 0 spiro atoms. The first-order valence-electron chi connectivity index (χ1n) is 12.9. The quantitative estimate of drug-likeness (QED) is 0.338. The van der Waals surface area contributed by atoms with Crippen LogP contribution in [-0.2, 0) is 32.6 Å². The lowest BCUT2D eigenvalue weighted by Gasteiger charge is -2.34. The van der Waals surface area contributed by atoms with Gasteiger partial charge in [-0.15, -0.1) is 0 Å². The zero-order chi connectivity index (χ0) is 29.3. The van der Waals surface area contributed by atoms with E-state index in [1.165, 1.54) is 12.0 Å². The summed E-state index contributed by atoms with van der Waals surface area (Å²) in [5, 5.41) is 2.93. The van der Waals surface area contributed by atoms with Crippen molar-refractivity contribution in [1.82, 2.24) is 10.2 Å². The molecule has 1 unspecified atom stereocenters. The molecule has 0 fully saturated rings. The summed E-state index contributed by atoms with van der Waals surface area (Å²) >= 11 is 0. The number of carbonyl (C=O) groups excluding carboxylic acids is 2. The van der Waals surface area contributed by atoms with Gasteiger partial charge in [-0.3, -0.25) is 13.9 Å². The van der Waals surface area contributed by atoms with Gasteiger partial charge in [0.15, 0.2) is 0 Å². The number of hydrogen-bond acceptors (Lipinski definition) is 6. The summed E-state index contributed by atoms with van der Waals surface area (Å²) < 4.78 is 37.6. The number of benzene rings is 3. The number of rotatable bonds is 13. The van der Waals surface area contributed by atoms with Crippen LogP contribution < -0.4 is 19.1 Å². The van der Waals surface area contributed by atoms with E-state index < -0.39 is 28.5 Å². The third kappa shape index (κ3) is 8.22. The fourth-order valence-electron chi connectivity index (χ4n) is 4.33. The maximum Gasteiger partial charge on any atom is 0.244 e. The molecule has 0 aliphatic rings. The van der Waals surface area contributed by atoms with Gasteiger partial charge in [-0.25, -0.2) is 8.42 Å². The summed E-state index contributed by atoms with van der Waals surface area (Å²) in [5.74, 6) is 0.0265. The Bertz CT molecular complexity index is 1400. The highest BCUT2D eigenvalue weighted by atomic mass is 32.2. The van der Waals surface area contributed by atoms with Gasteiger partial charge in [0.25, 0.3) is 0 Å². The van der Waals surface area contributed by atoms with Gasteiger partial charge in [-0.05, 0) is 49.2 Å². The van der Waals surface area contributed by atoms with Crippen LogP contribution in [0.25, 0.3) is 0 Å². The Hall–Kier alpha value is -4.05. The molecule has 0 heterocycles. The Morgan fingerprint density at radius 1 is 0.875 bits per heavy atom. The van der Waals surface area contributed by atoms with Gasteiger partial charge in [0.1, 0.15) is 24.1 Å². The number of carbonyl (C=O) groups is 2. The number of nitrogens with zero attached hydrogens (tertiary/aromatic N) is 2. The first-order valence-corrected chi connectivity index (χ1v) is 14.8. The molecular formula is C30H37N3O6S. The number of hydrogen-bond donors (Lipinski definition) is 1. The first kappa shape index (κ1) is 30.5. The number of para-hydroxylation sites is 2. The van der Waals surface area contributed by atoms with E-state index in [4.69, 9.17) is 9.47 Å². The molecule has 0 aromatic heterocycles. The van der Waals surface area contributed by atoms with Crippen molar-refractivity contribution in [2.24, 2.45) is 0 Å². The molecule has 0 radical (unpaired) electrons. The second kappa shape index (κ2) is 13.8. The van der Waals surface area contributed by atoms with Crippen molar-refractivity contribution < 1.29 is 27.5 Å². The van der Waals surface area contributed by atoms with Crippen molar-refractivity contribution in [1.29, 1.82) is 0 Å². The number of methoxy groups -OCH3 is 2. The monoisotopic (exact) mass is 567 g/mol. The Morgan fingerprint density at radius 2 is 1.52 bits per heavy atom. The molecule has 3 rings (SSSR count). The second-order valence-electron chi connectivity index (χ2n) is 9.68. The van der Waals surface area contributed by atoms with Gasteiger partial charge in [0.2, 0.25) is 21.8 Å². The first-order chi connectivity index (χ1) is 19.0. The standard InChI is InChI=1S/C30H37N3O6S/c1-22(2)31-30(35)27(19-23-12-7-6-8-13-23)32(20-24-14-11-15-25(18-24)38-3)29(34)21-33(40(5,36)37)26-16-9-10-17-28(26)39-4/h6-18,22,27H,19-21H2,1-5H3,(H,31,35). The van der Waals surface area contributed by atoms with Gasteiger partial charge in [-0.2, -0.15) is 0 Å². The number of ether oxygens (including phenoxy) is 2. The Kier molecular flexibility index (Phi) is 10.6. The van der Waals surface area contributed by atoms with E-state index in [-0.39, 0.29) is 30.6 Å². The SMILES string of the molecule is COc1cccc(CN(C(=O)CN(c2ccccc2OC)S(C)(=O)=O)C(Cc2ccccc2)C(=O)NC(C)C)c1. The number of nitrogens with one attached hydrogen (secondary N) is 1. The normalized spacial score (nSPS) is 11.9. The zero-order valence-corrected chi connectivity index (χ0v) is 24.4. The minimum Gasteiger partial charge on any atom is -0.497 e. The third-order valence-corrected chi connectivity index (χ3v) is 7.35. The maximum atomic E-state index is 14.1. The molecule has 0 aliphatic carbocycles. The fourth-order valence-corrected chi connectivity index (χ4v) is 5.19. The molecule has 0 saturated heterocycles. The van der Waals surface area contributed by atoms with Crippen LogP contribution in [0.3, 0.4) is 0 Å². The summed E-state index contributed by atoms with van der Waals surface area (Å²) in [7, 11) is -0.919. The van der Waals surface area contributed by atoms with Crippen LogP contribution in [-0.4, -0.2) is 64.2 Å². The topological polar surface area (TPSA) is 105 Å². The predicted molar refractivity (Wildman–Crippen MR) is 156 cm³/mol. The Balaban J connectivity index is 2.09. The molecule has 1 N–H and O–H groups in total. The maximum absolute atomic E-state index is 14.1. The highest BCUT2D eigenvalue weighted by molar-refractivity contribution is 7.92. The number of sulfonamides is 1. The van der Waals surface area contributed by atoms with Crippen LogP contribution in [0.4, 0.5) is 5.69 Å². The zero-order valence-electron chi connectivity index (χ0n) is 23.5. The minimum atomic E-state index is -3.90. The summed E-state index contributed by atoms with van der Waals surface area (Å²) in [6.45, 7) is 3.23. The van der Waals surface area contributed by atoms with E-state index in [0.29, 0.717) is 11.5 Å².